The van der Waals surface area contributed by atoms with Crippen LogP contribution in [0.3, 0.4) is 0 Å². The molecule has 6 nitrogen and oxygen atoms in total. The van der Waals surface area contributed by atoms with E-state index in [1.54, 1.807) is 18.6 Å². The molecule has 0 saturated heterocycles. The number of hydrogen-bond donors (Lipinski definition) is 1. The molecular formula is C10H11N3O3S. The zero-order chi connectivity index (χ0) is 12.7. The maximum Gasteiger partial charge on any atom is 0.261 e. The molecule has 0 spiro atoms. The van der Waals surface area contributed by atoms with Gasteiger partial charge in [0.15, 0.2) is 0 Å². The average molecular weight is 253 g/mol. The monoisotopic (exact) mass is 253 g/mol. The predicted molar refractivity (Wildman–Crippen MR) is 62.7 cm³/mol. The van der Waals surface area contributed by atoms with Crippen molar-refractivity contribution >= 4 is 10.1 Å². The molecule has 0 amide bonds. The molecule has 0 aliphatic carbocycles. The third-order valence-corrected chi connectivity index (χ3v) is 1.54. The van der Waals surface area contributed by atoms with Gasteiger partial charge in [-0.05, 0) is 18.2 Å². The lowest BCUT2D eigenvalue weighted by Crippen LogP contribution is -1.88. The zero-order valence-electron chi connectivity index (χ0n) is 9.06. The lowest BCUT2D eigenvalue weighted by molar-refractivity contribution is 0.490. The topological polar surface area (TPSA) is 93.0 Å². The molecule has 90 valence electrons. The summed E-state index contributed by atoms with van der Waals surface area (Å²) >= 11 is 0. The van der Waals surface area contributed by atoms with Crippen LogP contribution in [-0.2, 0) is 10.1 Å². The maximum absolute atomic E-state index is 9.19. The van der Waals surface area contributed by atoms with E-state index in [0.717, 1.165) is 11.3 Å². The lowest BCUT2D eigenvalue weighted by Gasteiger charge is -1.96. The number of aromatic nitrogens is 3. The molecule has 0 saturated carbocycles. The first-order chi connectivity index (χ1) is 7.97. The van der Waals surface area contributed by atoms with E-state index >= 15 is 0 Å². The summed E-state index contributed by atoms with van der Waals surface area (Å²) in [6, 6.07) is 5.71. The van der Waals surface area contributed by atoms with Gasteiger partial charge in [0.25, 0.3) is 10.1 Å². The number of hydrogen-bond acceptors (Lipinski definition) is 5. The van der Waals surface area contributed by atoms with Gasteiger partial charge in [0, 0.05) is 24.2 Å². The summed E-state index contributed by atoms with van der Waals surface area (Å²) in [5.74, 6) is 0. The largest absolute Gasteiger partial charge is 0.286 e. The molecule has 2 aromatic rings. The number of rotatable bonds is 1. The minimum atomic E-state index is -3.67. The first-order valence-corrected chi connectivity index (χ1v) is 6.40. The molecule has 1 N–H and O–H groups in total. The van der Waals surface area contributed by atoms with Gasteiger partial charge in [0.1, 0.15) is 6.33 Å². The Morgan fingerprint density at radius 3 is 2.35 bits per heavy atom. The summed E-state index contributed by atoms with van der Waals surface area (Å²) in [5.41, 5.74) is 1.91. The van der Waals surface area contributed by atoms with E-state index in [4.69, 9.17) is 4.55 Å². The van der Waals surface area contributed by atoms with Crippen LogP contribution < -0.4 is 0 Å². The summed E-state index contributed by atoms with van der Waals surface area (Å²) in [5, 5.41) is 0. The van der Waals surface area contributed by atoms with Gasteiger partial charge in [-0.25, -0.2) is 9.97 Å². The first kappa shape index (κ1) is 13.2. The zero-order valence-corrected chi connectivity index (χ0v) is 9.87. The van der Waals surface area contributed by atoms with Crippen LogP contribution in [0.5, 0.6) is 0 Å². The van der Waals surface area contributed by atoms with Crippen LogP contribution in [-0.4, -0.2) is 34.2 Å². The normalized spacial score (nSPS) is 10.2. The quantitative estimate of drug-likeness (QED) is 0.763. The Hall–Kier alpha value is -1.86. The van der Waals surface area contributed by atoms with Crippen molar-refractivity contribution in [3.63, 3.8) is 0 Å². The van der Waals surface area contributed by atoms with E-state index in [2.05, 4.69) is 15.0 Å². The minimum absolute atomic E-state index is 0.715. The van der Waals surface area contributed by atoms with Crippen molar-refractivity contribution in [3.8, 4) is 11.3 Å². The highest BCUT2D eigenvalue weighted by Gasteiger charge is 1.95. The number of nitrogens with zero attached hydrogens (tertiary/aromatic N) is 3. The van der Waals surface area contributed by atoms with E-state index < -0.39 is 10.1 Å². The molecule has 0 radical (unpaired) electrons. The summed E-state index contributed by atoms with van der Waals surface area (Å²) in [4.78, 5) is 11.9. The molecular weight excluding hydrogens is 242 g/mol. The van der Waals surface area contributed by atoms with Crippen LogP contribution in [0.4, 0.5) is 0 Å². The summed E-state index contributed by atoms with van der Waals surface area (Å²) < 4.78 is 25.9. The Balaban J connectivity index is 0.000000249. The highest BCUT2D eigenvalue weighted by molar-refractivity contribution is 7.85. The smallest absolute Gasteiger partial charge is 0.261 e. The molecule has 0 aliphatic heterocycles. The summed E-state index contributed by atoms with van der Waals surface area (Å²) in [6.07, 6.45) is 7.48. The highest BCUT2D eigenvalue weighted by atomic mass is 32.2. The van der Waals surface area contributed by atoms with Crippen molar-refractivity contribution in [2.24, 2.45) is 0 Å². The fraction of sp³-hybridized carbons (Fsp3) is 0.100. The van der Waals surface area contributed by atoms with Gasteiger partial charge in [-0.2, -0.15) is 8.42 Å². The van der Waals surface area contributed by atoms with Crippen molar-refractivity contribution in [3.05, 3.63) is 43.1 Å². The predicted octanol–water partition coefficient (Wildman–Crippen LogP) is 1.04. The molecule has 0 unspecified atom stereocenters. The van der Waals surface area contributed by atoms with Crippen molar-refractivity contribution in [2.45, 2.75) is 0 Å². The SMILES string of the molecule is CS(=O)(=O)O.c1cncc(-c2ccncn2)c1. The van der Waals surface area contributed by atoms with E-state index in [1.165, 1.54) is 6.33 Å². The van der Waals surface area contributed by atoms with Crippen LogP contribution in [0.25, 0.3) is 11.3 Å². The molecule has 0 aromatic carbocycles. The van der Waals surface area contributed by atoms with Crippen LogP contribution in [0, 0.1) is 0 Å². The Labute approximate surface area is 99.1 Å². The van der Waals surface area contributed by atoms with Gasteiger partial charge < -0.3 is 0 Å². The van der Waals surface area contributed by atoms with E-state index in [9.17, 15) is 8.42 Å². The third kappa shape index (κ3) is 6.33. The van der Waals surface area contributed by atoms with Gasteiger partial charge in [-0.1, -0.05) is 0 Å². The third-order valence-electron chi connectivity index (χ3n) is 1.54. The summed E-state index contributed by atoms with van der Waals surface area (Å²) in [7, 11) is -3.67. The van der Waals surface area contributed by atoms with Crippen molar-refractivity contribution in [1.29, 1.82) is 0 Å². The van der Waals surface area contributed by atoms with Crippen LogP contribution in [0.1, 0.15) is 0 Å². The molecule has 0 bridgehead atoms. The molecule has 0 aliphatic rings. The Bertz CT molecular complexity index is 498. The van der Waals surface area contributed by atoms with Gasteiger partial charge in [0.05, 0.1) is 11.9 Å². The van der Waals surface area contributed by atoms with Crippen LogP contribution in [0.2, 0.25) is 0 Å². The maximum atomic E-state index is 9.19. The second-order valence-corrected chi connectivity index (χ2v) is 4.54. The fourth-order valence-corrected chi connectivity index (χ4v) is 0.976. The van der Waals surface area contributed by atoms with E-state index in [1.807, 2.05) is 18.2 Å². The highest BCUT2D eigenvalue weighted by Crippen LogP contribution is 2.12. The van der Waals surface area contributed by atoms with Gasteiger partial charge in [0.2, 0.25) is 0 Å². The first-order valence-electron chi connectivity index (χ1n) is 4.55. The molecule has 7 heteroatoms. The average Bonchev–Trinajstić information content (AvgIpc) is 2.29. The van der Waals surface area contributed by atoms with Crippen molar-refractivity contribution in [2.75, 3.05) is 6.26 Å². The molecule has 17 heavy (non-hydrogen) atoms. The summed E-state index contributed by atoms with van der Waals surface area (Å²) in [6.45, 7) is 0. The van der Waals surface area contributed by atoms with Gasteiger partial charge in [-0.3, -0.25) is 9.54 Å². The molecule has 0 fully saturated rings. The van der Waals surface area contributed by atoms with Crippen molar-refractivity contribution < 1.29 is 13.0 Å². The Morgan fingerprint density at radius 2 is 1.88 bits per heavy atom. The Morgan fingerprint density at radius 1 is 1.18 bits per heavy atom. The van der Waals surface area contributed by atoms with Crippen LogP contribution in [0.15, 0.2) is 43.1 Å². The lowest BCUT2D eigenvalue weighted by atomic mass is 10.2. The van der Waals surface area contributed by atoms with E-state index in [0.29, 0.717) is 6.26 Å². The second-order valence-electron chi connectivity index (χ2n) is 3.07. The number of pyridine rings is 1. The fourth-order valence-electron chi connectivity index (χ4n) is 0.976. The molecule has 0 atom stereocenters. The molecule has 2 rings (SSSR count). The van der Waals surface area contributed by atoms with Gasteiger partial charge in [-0.15, -0.1) is 0 Å². The van der Waals surface area contributed by atoms with E-state index in [-0.39, 0.29) is 0 Å². The molecule has 2 heterocycles. The molecule has 2 aromatic heterocycles. The Kier molecular flexibility index (Phi) is 4.68. The second kappa shape index (κ2) is 6.02. The van der Waals surface area contributed by atoms with Gasteiger partial charge >= 0.3 is 0 Å². The standard InChI is InChI=1S/C9H7N3.CH4O3S/c1-2-8(6-10-4-1)9-3-5-11-7-12-9;1-5(2,3)4/h1-7H;1H3,(H,2,3,4). The van der Waals surface area contributed by atoms with Crippen LogP contribution >= 0.6 is 0 Å². The van der Waals surface area contributed by atoms with Crippen molar-refractivity contribution in [1.82, 2.24) is 15.0 Å². The minimum Gasteiger partial charge on any atom is -0.286 e.